The summed E-state index contributed by atoms with van der Waals surface area (Å²) in [4.78, 5) is 0. The van der Waals surface area contributed by atoms with Crippen LogP contribution in [0.5, 0.6) is 5.75 Å². The van der Waals surface area contributed by atoms with Crippen LogP contribution in [0, 0.1) is 0 Å². The largest absolute Gasteiger partial charge is 0.492 e. The van der Waals surface area contributed by atoms with Crippen molar-refractivity contribution >= 4 is 23.2 Å². The highest BCUT2D eigenvalue weighted by Gasteiger charge is 2.06. The highest BCUT2D eigenvalue weighted by atomic mass is 35.5. The van der Waals surface area contributed by atoms with Gasteiger partial charge in [0.25, 0.3) is 0 Å². The zero-order valence-corrected chi connectivity index (χ0v) is 10.9. The summed E-state index contributed by atoms with van der Waals surface area (Å²) in [6, 6.07) is 5.60. The molecule has 1 aromatic rings. The van der Waals surface area contributed by atoms with Gasteiger partial charge in [-0.2, -0.15) is 0 Å². The molecular weight excluding hydrogens is 247 g/mol. The monoisotopic (exact) mass is 262 g/mol. The molecule has 0 aliphatic heterocycles. The molecule has 0 unspecified atom stereocenters. The highest BCUT2D eigenvalue weighted by molar-refractivity contribution is 6.32. The minimum absolute atomic E-state index is 0.411. The smallest absolute Gasteiger partial charge is 0.142 e. The van der Waals surface area contributed by atoms with E-state index >= 15 is 0 Å². The van der Waals surface area contributed by atoms with E-state index in [0.29, 0.717) is 23.3 Å². The number of unbranched alkanes of at least 4 members (excludes halogenated alkanes) is 1. The third kappa shape index (κ3) is 4.20. The maximum absolute atomic E-state index is 6.04. The van der Waals surface area contributed by atoms with Gasteiger partial charge < -0.3 is 9.47 Å². The average Bonchev–Trinajstić information content (AvgIpc) is 2.30. The van der Waals surface area contributed by atoms with Gasteiger partial charge in [0.05, 0.1) is 17.5 Å². The van der Waals surface area contributed by atoms with Crippen molar-refractivity contribution in [2.24, 2.45) is 0 Å². The van der Waals surface area contributed by atoms with Crippen molar-refractivity contribution in [3.63, 3.8) is 0 Å². The topological polar surface area (TPSA) is 18.5 Å². The van der Waals surface area contributed by atoms with Crippen LogP contribution < -0.4 is 4.74 Å². The van der Waals surface area contributed by atoms with Gasteiger partial charge in [-0.15, -0.1) is 11.6 Å². The van der Waals surface area contributed by atoms with Gasteiger partial charge in [-0.25, -0.2) is 0 Å². The Morgan fingerprint density at radius 2 is 1.94 bits per heavy atom. The van der Waals surface area contributed by atoms with Crippen LogP contribution in [0.1, 0.15) is 18.4 Å². The number of hydrogen-bond acceptors (Lipinski definition) is 2. The fourth-order valence-electron chi connectivity index (χ4n) is 1.34. The molecule has 0 bridgehead atoms. The van der Waals surface area contributed by atoms with E-state index in [1.165, 1.54) is 0 Å². The standard InChI is InChI=1S/C12H16Cl2O2/c1-15-7-2-3-8-16-12-10(9-13)5-4-6-11(12)14/h4-6H,2-3,7-9H2,1H3. The molecule has 0 heterocycles. The van der Waals surface area contributed by atoms with Crippen molar-refractivity contribution in [3.8, 4) is 5.75 Å². The molecular formula is C12H16Cl2O2. The first-order valence-corrected chi connectivity index (χ1v) is 6.16. The van der Waals surface area contributed by atoms with Gasteiger partial charge >= 0.3 is 0 Å². The van der Waals surface area contributed by atoms with Crippen LogP contribution in [0.4, 0.5) is 0 Å². The summed E-state index contributed by atoms with van der Waals surface area (Å²) in [5.41, 5.74) is 0.931. The molecule has 0 N–H and O–H groups in total. The van der Waals surface area contributed by atoms with E-state index in [4.69, 9.17) is 32.7 Å². The Hall–Kier alpha value is -0.440. The zero-order valence-electron chi connectivity index (χ0n) is 9.34. The third-order valence-corrected chi connectivity index (χ3v) is 2.77. The lowest BCUT2D eigenvalue weighted by Gasteiger charge is -2.11. The molecule has 1 aromatic carbocycles. The molecule has 0 saturated carbocycles. The molecule has 0 radical (unpaired) electrons. The Morgan fingerprint density at radius 1 is 1.19 bits per heavy atom. The Kier molecular flexibility index (Phi) is 6.62. The van der Waals surface area contributed by atoms with Crippen LogP contribution in [0.3, 0.4) is 0 Å². The van der Waals surface area contributed by atoms with Crippen molar-refractivity contribution in [1.82, 2.24) is 0 Å². The van der Waals surface area contributed by atoms with E-state index in [9.17, 15) is 0 Å². The second kappa shape index (κ2) is 7.77. The van der Waals surface area contributed by atoms with E-state index in [-0.39, 0.29) is 0 Å². The molecule has 1 rings (SSSR count). The van der Waals surface area contributed by atoms with Crippen LogP contribution in [-0.4, -0.2) is 20.3 Å². The third-order valence-electron chi connectivity index (χ3n) is 2.18. The van der Waals surface area contributed by atoms with Gasteiger partial charge in [0.2, 0.25) is 0 Å². The normalized spacial score (nSPS) is 10.4. The lowest BCUT2D eigenvalue weighted by molar-refractivity contribution is 0.184. The number of benzene rings is 1. The number of rotatable bonds is 7. The number of hydrogen-bond donors (Lipinski definition) is 0. The first-order valence-electron chi connectivity index (χ1n) is 5.24. The lowest BCUT2D eigenvalue weighted by Crippen LogP contribution is -2.01. The van der Waals surface area contributed by atoms with Crippen LogP contribution in [0.2, 0.25) is 5.02 Å². The summed E-state index contributed by atoms with van der Waals surface area (Å²) < 4.78 is 10.6. The summed E-state index contributed by atoms with van der Waals surface area (Å²) in [6.45, 7) is 1.39. The number of para-hydroxylation sites is 1. The Balaban J connectivity index is 2.46. The fraction of sp³-hybridized carbons (Fsp3) is 0.500. The molecule has 90 valence electrons. The van der Waals surface area contributed by atoms with Crippen molar-refractivity contribution in [3.05, 3.63) is 28.8 Å². The van der Waals surface area contributed by atoms with Crippen molar-refractivity contribution < 1.29 is 9.47 Å². The number of ether oxygens (including phenoxy) is 2. The molecule has 0 aromatic heterocycles. The first kappa shape index (κ1) is 13.6. The Labute approximate surface area is 106 Å². The lowest BCUT2D eigenvalue weighted by atomic mass is 10.2. The molecule has 2 nitrogen and oxygen atoms in total. The highest BCUT2D eigenvalue weighted by Crippen LogP contribution is 2.29. The summed E-state index contributed by atoms with van der Waals surface area (Å²) >= 11 is 11.8. The van der Waals surface area contributed by atoms with Gasteiger partial charge in [-0.3, -0.25) is 0 Å². The molecule has 0 aliphatic rings. The van der Waals surface area contributed by atoms with Crippen LogP contribution in [0.15, 0.2) is 18.2 Å². The predicted molar refractivity (Wildman–Crippen MR) is 67.6 cm³/mol. The Bertz CT molecular complexity index is 316. The molecule has 0 saturated heterocycles. The van der Waals surface area contributed by atoms with Gasteiger partial charge in [-0.05, 0) is 18.9 Å². The van der Waals surface area contributed by atoms with Crippen molar-refractivity contribution in [2.45, 2.75) is 18.7 Å². The molecule has 0 spiro atoms. The molecule has 4 heteroatoms. The molecule has 0 atom stereocenters. The van der Waals surface area contributed by atoms with Crippen LogP contribution in [0.25, 0.3) is 0 Å². The van der Waals surface area contributed by atoms with E-state index < -0.39 is 0 Å². The van der Waals surface area contributed by atoms with E-state index in [1.54, 1.807) is 7.11 Å². The second-order valence-electron chi connectivity index (χ2n) is 3.41. The summed E-state index contributed by atoms with van der Waals surface area (Å²) in [5.74, 6) is 1.12. The maximum atomic E-state index is 6.04. The van der Waals surface area contributed by atoms with E-state index in [1.807, 2.05) is 18.2 Å². The number of halogens is 2. The number of methoxy groups -OCH3 is 1. The van der Waals surface area contributed by atoms with Crippen molar-refractivity contribution in [2.75, 3.05) is 20.3 Å². The second-order valence-corrected chi connectivity index (χ2v) is 4.08. The maximum Gasteiger partial charge on any atom is 0.142 e. The van der Waals surface area contributed by atoms with Crippen LogP contribution >= 0.6 is 23.2 Å². The first-order chi connectivity index (χ1) is 7.79. The number of alkyl halides is 1. The van der Waals surface area contributed by atoms with Gasteiger partial charge in [0.15, 0.2) is 0 Å². The van der Waals surface area contributed by atoms with Crippen molar-refractivity contribution in [1.29, 1.82) is 0 Å². The van der Waals surface area contributed by atoms with E-state index in [2.05, 4.69) is 0 Å². The van der Waals surface area contributed by atoms with Gasteiger partial charge in [0, 0.05) is 19.3 Å². The Morgan fingerprint density at radius 3 is 2.62 bits per heavy atom. The predicted octanol–water partition coefficient (Wildman–Crippen LogP) is 3.88. The molecule has 0 amide bonds. The minimum atomic E-state index is 0.411. The summed E-state index contributed by atoms with van der Waals surface area (Å²) in [6.07, 6.45) is 1.93. The molecule has 0 fully saturated rings. The van der Waals surface area contributed by atoms with Gasteiger partial charge in [0.1, 0.15) is 5.75 Å². The quantitative estimate of drug-likeness (QED) is 0.549. The SMILES string of the molecule is COCCCCOc1c(Cl)cccc1CCl. The summed E-state index contributed by atoms with van der Waals surface area (Å²) in [7, 11) is 1.69. The summed E-state index contributed by atoms with van der Waals surface area (Å²) in [5, 5.41) is 0.616. The zero-order chi connectivity index (χ0) is 11.8. The van der Waals surface area contributed by atoms with E-state index in [0.717, 1.165) is 25.0 Å². The fourth-order valence-corrected chi connectivity index (χ4v) is 1.80. The average molecular weight is 263 g/mol. The molecule has 0 aliphatic carbocycles. The van der Waals surface area contributed by atoms with Gasteiger partial charge in [-0.1, -0.05) is 23.7 Å². The minimum Gasteiger partial charge on any atom is -0.492 e. The van der Waals surface area contributed by atoms with Crippen LogP contribution in [-0.2, 0) is 10.6 Å². The molecule has 16 heavy (non-hydrogen) atoms.